The second kappa shape index (κ2) is 5.47. The molecule has 1 aromatic heterocycles. The number of nitrogens with two attached hydrogens (primary N) is 2. The lowest BCUT2D eigenvalue weighted by Crippen LogP contribution is -2.01. The number of hydrogen-bond donors (Lipinski definition) is 2. The molecule has 0 atom stereocenters. The highest BCUT2D eigenvalue weighted by Crippen LogP contribution is 2.25. The summed E-state index contributed by atoms with van der Waals surface area (Å²) < 4.78 is 0. The minimum Gasteiger partial charge on any atom is -0.375 e. The number of nitrogen functional groups attached to an aromatic ring is 1. The van der Waals surface area contributed by atoms with Gasteiger partial charge in [0, 0.05) is 22.9 Å². The Balaban J connectivity index is 2.53. The van der Waals surface area contributed by atoms with Gasteiger partial charge in [-0.1, -0.05) is 6.92 Å². The van der Waals surface area contributed by atoms with E-state index in [0.717, 1.165) is 30.2 Å². The van der Waals surface area contributed by atoms with Crippen LogP contribution in [0, 0.1) is 0 Å². The van der Waals surface area contributed by atoms with Crippen molar-refractivity contribution < 1.29 is 0 Å². The van der Waals surface area contributed by atoms with E-state index in [4.69, 9.17) is 11.5 Å². The van der Waals surface area contributed by atoms with Gasteiger partial charge in [-0.25, -0.2) is 4.98 Å². The van der Waals surface area contributed by atoms with E-state index in [9.17, 15) is 0 Å². The van der Waals surface area contributed by atoms with Gasteiger partial charge in [0.05, 0.1) is 5.69 Å². The van der Waals surface area contributed by atoms with Crippen LogP contribution in [0.2, 0.25) is 0 Å². The molecule has 0 saturated heterocycles. The van der Waals surface area contributed by atoms with Crippen molar-refractivity contribution >= 4 is 28.2 Å². The second-order valence-corrected chi connectivity index (χ2v) is 4.84. The molecule has 3 nitrogen and oxygen atoms in total. The van der Waals surface area contributed by atoms with Crippen LogP contribution in [0.25, 0.3) is 0 Å². The highest BCUT2D eigenvalue weighted by Gasteiger charge is 2.06. The Kier molecular flexibility index (Phi) is 4.55. The number of rotatable bonds is 5. The molecule has 0 aliphatic heterocycles. The Hall–Kier alpha value is -0.260. The summed E-state index contributed by atoms with van der Waals surface area (Å²) in [6.45, 7) is 2.84. The van der Waals surface area contributed by atoms with Crippen LogP contribution in [0.4, 0.5) is 5.13 Å². The lowest BCUT2D eigenvalue weighted by atomic mass is 10.3. The first kappa shape index (κ1) is 10.8. The van der Waals surface area contributed by atoms with Crippen molar-refractivity contribution in [3.63, 3.8) is 0 Å². The Morgan fingerprint density at radius 1 is 1.54 bits per heavy atom. The maximum absolute atomic E-state index is 5.63. The van der Waals surface area contributed by atoms with Gasteiger partial charge >= 0.3 is 0 Å². The third kappa shape index (κ3) is 3.17. The van der Waals surface area contributed by atoms with E-state index < -0.39 is 0 Å². The van der Waals surface area contributed by atoms with E-state index in [1.165, 1.54) is 4.88 Å². The highest BCUT2D eigenvalue weighted by atomic mass is 32.2. The number of hydrogen-bond acceptors (Lipinski definition) is 5. The van der Waals surface area contributed by atoms with Crippen LogP contribution in [0.1, 0.15) is 17.5 Å². The summed E-state index contributed by atoms with van der Waals surface area (Å²) in [5.41, 5.74) is 12.2. The summed E-state index contributed by atoms with van der Waals surface area (Å²) in [7, 11) is 0. The number of thioether (sulfide) groups is 1. The molecule has 0 fully saturated rings. The number of anilines is 1. The molecule has 1 heterocycles. The molecule has 0 aliphatic rings. The smallest absolute Gasteiger partial charge is 0.180 e. The van der Waals surface area contributed by atoms with E-state index in [2.05, 4.69) is 11.9 Å². The largest absolute Gasteiger partial charge is 0.375 e. The normalized spacial score (nSPS) is 10.6. The molecule has 13 heavy (non-hydrogen) atoms. The van der Waals surface area contributed by atoms with Crippen LogP contribution < -0.4 is 11.5 Å². The standard InChI is InChI=1S/C8H15N3S2/c1-2-6-7(5-12-4-3-9)13-8(10)11-6/h2-5,9H2,1H3,(H2,10,11). The minimum atomic E-state index is 0.681. The number of thiazole rings is 1. The summed E-state index contributed by atoms with van der Waals surface area (Å²) in [4.78, 5) is 5.56. The molecule has 1 aromatic rings. The van der Waals surface area contributed by atoms with Crippen molar-refractivity contribution in [2.45, 2.75) is 19.1 Å². The molecule has 4 N–H and O–H groups in total. The average molecular weight is 217 g/mol. The van der Waals surface area contributed by atoms with Crippen LogP contribution in [0.5, 0.6) is 0 Å². The van der Waals surface area contributed by atoms with Crippen molar-refractivity contribution in [3.05, 3.63) is 10.6 Å². The fraction of sp³-hybridized carbons (Fsp3) is 0.625. The monoisotopic (exact) mass is 217 g/mol. The first-order valence-electron chi connectivity index (χ1n) is 4.29. The molecule has 5 heteroatoms. The first-order chi connectivity index (χ1) is 6.27. The summed E-state index contributed by atoms with van der Waals surface area (Å²) >= 11 is 3.43. The van der Waals surface area contributed by atoms with Crippen LogP contribution >= 0.6 is 23.1 Å². The Morgan fingerprint density at radius 2 is 2.31 bits per heavy atom. The maximum Gasteiger partial charge on any atom is 0.180 e. The Bertz CT molecular complexity index is 260. The maximum atomic E-state index is 5.63. The van der Waals surface area contributed by atoms with Gasteiger partial charge in [0.15, 0.2) is 5.13 Å². The average Bonchev–Trinajstić information content (AvgIpc) is 2.47. The summed E-state index contributed by atoms with van der Waals surface area (Å²) in [5.74, 6) is 2.00. The first-order valence-corrected chi connectivity index (χ1v) is 6.27. The zero-order valence-electron chi connectivity index (χ0n) is 7.75. The fourth-order valence-electron chi connectivity index (χ4n) is 1.04. The predicted molar refractivity (Wildman–Crippen MR) is 61.1 cm³/mol. The van der Waals surface area contributed by atoms with Crippen LogP contribution in [0.3, 0.4) is 0 Å². The van der Waals surface area contributed by atoms with E-state index in [-0.39, 0.29) is 0 Å². The molecule has 0 saturated carbocycles. The minimum absolute atomic E-state index is 0.681. The molecular formula is C8H15N3S2. The quantitative estimate of drug-likeness (QED) is 0.733. The molecule has 0 amide bonds. The van der Waals surface area contributed by atoms with Gasteiger partial charge in [0.1, 0.15) is 0 Å². The lowest BCUT2D eigenvalue weighted by Gasteiger charge is -1.98. The summed E-state index contributed by atoms with van der Waals surface area (Å²) in [6.07, 6.45) is 0.965. The molecule has 0 bridgehead atoms. The van der Waals surface area contributed by atoms with Crippen LogP contribution in [-0.4, -0.2) is 17.3 Å². The van der Waals surface area contributed by atoms with Gasteiger partial charge in [0.25, 0.3) is 0 Å². The lowest BCUT2D eigenvalue weighted by molar-refractivity contribution is 1.04. The number of nitrogens with zero attached hydrogens (tertiary/aromatic N) is 1. The van der Waals surface area contributed by atoms with Gasteiger partial charge < -0.3 is 11.5 Å². The third-order valence-corrected chi connectivity index (χ3v) is 3.75. The third-order valence-electron chi connectivity index (χ3n) is 1.63. The topological polar surface area (TPSA) is 64.9 Å². The van der Waals surface area contributed by atoms with E-state index in [1.54, 1.807) is 11.3 Å². The number of aryl methyl sites for hydroxylation is 1. The molecular weight excluding hydrogens is 202 g/mol. The molecule has 74 valence electrons. The molecule has 0 aliphatic carbocycles. The van der Waals surface area contributed by atoms with E-state index in [0.29, 0.717) is 5.13 Å². The predicted octanol–water partition coefficient (Wildman–Crippen LogP) is 1.48. The molecule has 1 rings (SSSR count). The zero-order chi connectivity index (χ0) is 9.68. The number of aromatic nitrogens is 1. The molecule has 0 radical (unpaired) electrons. The SMILES string of the molecule is CCc1nc(N)sc1CSCCN. The van der Waals surface area contributed by atoms with Crippen molar-refractivity contribution in [1.82, 2.24) is 4.98 Å². The van der Waals surface area contributed by atoms with Crippen molar-refractivity contribution in [1.29, 1.82) is 0 Å². The van der Waals surface area contributed by atoms with Gasteiger partial charge in [0.2, 0.25) is 0 Å². The summed E-state index contributed by atoms with van der Waals surface area (Å²) in [6, 6.07) is 0. The van der Waals surface area contributed by atoms with Gasteiger partial charge in [-0.2, -0.15) is 11.8 Å². The van der Waals surface area contributed by atoms with Crippen molar-refractivity contribution in [3.8, 4) is 0 Å². The van der Waals surface area contributed by atoms with Gasteiger partial charge in [-0.05, 0) is 6.42 Å². The molecule has 0 spiro atoms. The zero-order valence-corrected chi connectivity index (χ0v) is 9.38. The van der Waals surface area contributed by atoms with E-state index in [1.807, 2.05) is 11.8 Å². The Morgan fingerprint density at radius 3 is 2.92 bits per heavy atom. The van der Waals surface area contributed by atoms with Gasteiger partial charge in [-0.3, -0.25) is 0 Å². The second-order valence-electron chi connectivity index (χ2n) is 2.62. The van der Waals surface area contributed by atoms with Gasteiger partial charge in [-0.15, -0.1) is 11.3 Å². The molecule has 0 unspecified atom stereocenters. The highest BCUT2D eigenvalue weighted by molar-refractivity contribution is 7.98. The van der Waals surface area contributed by atoms with Crippen molar-refractivity contribution in [2.75, 3.05) is 18.0 Å². The summed E-state index contributed by atoms with van der Waals surface area (Å²) in [5, 5.41) is 0.681. The van der Waals surface area contributed by atoms with Crippen molar-refractivity contribution in [2.24, 2.45) is 5.73 Å². The Labute approximate surface area is 86.9 Å². The van der Waals surface area contributed by atoms with Crippen LogP contribution in [0.15, 0.2) is 0 Å². The fourth-order valence-corrected chi connectivity index (χ4v) is 2.91. The molecule has 0 aromatic carbocycles. The van der Waals surface area contributed by atoms with E-state index >= 15 is 0 Å². The van der Waals surface area contributed by atoms with Crippen LogP contribution in [-0.2, 0) is 12.2 Å².